The number of thiol groups is 1. The third-order valence-electron chi connectivity index (χ3n) is 2.01. The van der Waals surface area contributed by atoms with Gasteiger partial charge in [0.1, 0.15) is 0 Å². The Kier molecular flexibility index (Phi) is 3.88. The average Bonchev–Trinajstić information content (AvgIpc) is 2.83. The van der Waals surface area contributed by atoms with Crippen molar-refractivity contribution in [2.75, 3.05) is 19.4 Å². The number of amides is 1. The number of carbonyl (C=O) groups excluding carboxylic acids is 1. The van der Waals surface area contributed by atoms with Crippen LogP contribution in [0, 0.1) is 5.92 Å². The van der Waals surface area contributed by atoms with E-state index in [0.717, 1.165) is 25.1 Å². The third kappa shape index (κ3) is 2.68. The van der Waals surface area contributed by atoms with Gasteiger partial charge in [-0.1, -0.05) is 0 Å². The Hall–Kier alpha value is -0.220. The minimum Gasteiger partial charge on any atom is -0.381 e. The van der Waals surface area contributed by atoms with Crippen LogP contribution in [0.2, 0.25) is 0 Å². The number of hydrogen-bond donors (Lipinski definition) is 2. The first-order valence-electron chi connectivity index (χ1n) is 4.21. The second kappa shape index (κ2) is 4.72. The topological polar surface area (TPSA) is 38.3 Å². The molecule has 1 aliphatic rings. The highest BCUT2D eigenvalue weighted by atomic mass is 32.1. The van der Waals surface area contributed by atoms with E-state index in [1.54, 1.807) is 7.11 Å². The first kappa shape index (κ1) is 9.86. The second-order valence-electron chi connectivity index (χ2n) is 2.98. The fraction of sp³-hybridized carbons (Fsp3) is 0.875. The molecular formula is C8H15NO2S. The van der Waals surface area contributed by atoms with Gasteiger partial charge in [-0.05, 0) is 18.6 Å². The Balaban J connectivity index is 2.05. The van der Waals surface area contributed by atoms with Gasteiger partial charge in [-0.3, -0.25) is 4.79 Å². The van der Waals surface area contributed by atoms with E-state index in [4.69, 9.17) is 4.74 Å². The van der Waals surface area contributed by atoms with E-state index in [2.05, 4.69) is 17.9 Å². The summed E-state index contributed by atoms with van der Waals surface area (Å²) in [7, 11) is 1.64. The van der Waals surface area contributed by atoms with E-state index in [9.17, 15) is 4.79 Å². The van der Waals surface area contributed by atoms with Crippen molar-refractivity contribution in [1.82, 2.24) is 5.32 Å². The zero-order valence-electron chi connectivity index (χ0n) is 7.25. The summed E-state index contributed by atoms with van der Waals surface area (Å²) < 4.78 is 5.03. The van der Waals surface area contributed by atoms with Crippen LogP contribution in [0.25, 0.3) is 0 Å². The maximum atomic E-state index is 11.2. The van der Waals surface area contributed by atoms with Gasteiger partial charge in [0.2, 0.25) is 5.91 Å². The van der Waals surface area contributed by atoms with Gasteiger partial charge >= 0.3 is 0 Å². The number of ether oxygens (including phenoxy) is 1. The summed E-state index contributed by atoms with van der Waals surface area (Å²) in [6, 6.07) is 0. The van der Waals surface area contributed by atoms with Crippen LogP contribution in [0.1, 0.15) is 12.8 Å². The summed E-state index contributed by atoms with van der Waals surface area (Å²) in [6.07, 6.45) is 1.98. The Morgan fingerprint density at radius 2 is 2.50 bits per heavy atom. The first-order chi connectivity index (χ1) is 5.79. The zero-order chi connectivity index (χ0) is 8.97. The molecule has 4 heteroatoms. The summed E-state index contributed by atoms with van der Waals surface area (Å²) >= 11 is 4.05. The first-order valence-corrected chi connectivity index (χ1v) is 4.84. The lowest BCUT2D eigenvalue weighted by atomic mass is 10.3. The molecule has 0 aromatic carbocycles. The van der Waals surface area contributed by atoms with Crippen LogP contribution >= 0.6 is 12.6 Å². The summed E-state index contributed by atoms with van der Waals surface area (Å²) in [4.78, 5) is 11.2. The molecule has 0 radical (unpaired) electrons. The lowest BCUT2D eigenvalue weighted by Gasteiger charge is -2.02. The van der Waals surface area contributed by atoms with Crippen molar-refractivity contribution in [3.8, 4) is 0 Å². The van der Waals surface area contributed by atoms with Crippen LogP contribution in [0.4, 0.5) is 0 Å². The highest BCUT2D eigenvalue weighted by molar-refractivity contribution is 7.80. The molecule has 1 saturated carbocycles. The Morgan fingerprint density at radius 3 is 3.00 bits per heavy atom. The van der Waals surface area contributed by atoms with Crippen LogP contribution < -0.4 is 5.32 Å². The average molecular weight is 189 g/mol. The molecule has 0 bridgehead atoms. The SMILES string of the molecule is COC1CC1C(=O)NCCCS. The lowest BCUT2D eigenvalue weighted by Crippen LogP contribution is -2.27. The standard InChI is InChI=1S/C8H15NO2S/c1-11-7-5-6(7)8(10)9-3-2-4-12/h6-7,12H,2-5H2,1H3,(H,9,10). The van der Waals surface area contributed by atoms with Crippen molar-refractivity contribution in [3.05, 3.63) is 0 Å². The molecule has 0 spiro atoms. The Bertz CT molecular complexity index is 163. The maximum Gasteiger partial charge on any atom is 0.225 e. The highest BCUT2D eigenvalue weighted by Gasteiger charge is 2.43. The lowest BCUT2D eigenvalue weighted by molar-refractivity contribution is -0.123. The quantitative estimate of drug-likeness (QED) is 0.487. The van der Waals surface area contributed by atoms with E-state index in [-0.39, 0.29) is 17.9 Å². The van der Waals surface area contributed by atoms with Crippen LogP contribution in [-0.2, 0) is 9.53 Å². The number of methoxy groups -OCH3 is 1. The molecule has 3 nitrogen and oxygen atoms in total. The predicted molar refractivity (Wildman–Crippen MR) is 50.4 cm³/mol. The van der Waals surface area contributed by atoms with Crippen LogP contribution in [0.15, 0.2) is 0 Å². The maximum absolute atomic E-state index is 11.2. The Morgan fingerprint density at radius 1 is 1.75 bits per heavy atom. The second-order valence-corrected chi connectivity index (χ2v) is 3.43. The van der Waals surface area contributed by atoms with E-state index < -0.39 is 0 Å². The van der Waals surface area contributed by atoms with Gasteiger partial charge in [0, 0.05) is 13.7 Å². The minimum atomic E-state index is 0.106. The number of hydrogen-bond acceptors (Lipinski definition) is 3. The smallest absolute Gasteiger partial charge is 0.225 e. The van der Waals surface area contributed by atoms with E-state index in [0.29, 0.717) is 0 Å². The van der Waals surface area contributed by atoms with Crippen LogP contribution in [0.3, 0.4) is 0 Å². The molecule has 1 amide bonds. The van der Waals surface area contributed by atoms with Crippen molar-refractivity contribution < 1.29 is 9.53 Å². The molecule has 0 saturated heterocycles. The molecule has 0 aromatic rings. The van der Waals surface area contributed by atoms with Crippen molar-refractivity contribution in [1.29, 1.82) is 0 Å². The summed E-state index contributed by atoms with van der Waals surface area (Å²) in [6.45, 7) is 0.731. The van der Waals surface area contributed by atoms with Crippen molar-refractivity contribution in [3.63, 3.8) is 0 Å². The number of rotatable bonds is 5. The van der Waals surface area contributed by atoms with E-state index >= 15 is 0 Å². The fourth-order valence-corrected chi connectivity index (χ4v) is 1.29. The largest absolute Gasteiger partial charge is 0.381 e. The highest BCUT2D eigenvalue weighted by Crippen LogP contribution is 2.32. The molecule has 0 aliphatic heterocycles. The molecule has 1 fully saturated rings. The molecule has 1 aliphatic carbocycles. The summed E-state index contributed by atoms with van der Waals surface area (Å²) in [5.41, 5.74) is 0. The van der Waals surface area contributed by atoms with Gasteiger partial charge in [0.25, 0.3) is 0 Å². The molecular weight excluding hydrogens is 174 g/mol. The van der Waals surface area contributed by atoms with Crippen LogP contribution in [-0.4, -0.2) is 31.4 Å². The number of nitrogens with one attached hydrogen (secondary N) is 1. The van der Waals surface area contributed by atoms with Gasteiger partial charge in [0.05, 0.1) is 12.0 Å². The molecule has 1 N–H and O–H groups in total. The van der Waals surface area contributed by atoms with Gasteiger partial charge < -0.3 is 10.1 Å². The number of carbonyl (C=O) groups is 1. The molecule has 2 atom stereocenters. The van der Waals surface area contributed by atoms with Gasteiger partial charge in [-0.2, -0.15) is 12.6 Å². The molecule has 0 aromatic heterocycles. The van der Waals surface area contributed by atoms with E-state index in [1.165, 1.54) is 0 Å². The molecule has 2 unspecified atom stereocenters. The fourth-order valence-electron chi connectivity index (χ4n) is 1.13. The molecule has 1 rings (SSSR count). The monoisotopic (exact) mass is 189 g/mol. The molecule has 0 heterocycles. The van der Waals surface area contributed by atoms with Crippen molar-refractivity contribution in [2.45, 2.75) is 18.9 Å². The molecule has 70 valence electrons. The summed E-state index contributed by atoms with van der Waals surface area (Å²) in [5.74, 6) is 1.05. The van der Waals surface area contributed by atoms with Crippen molar-refractivity contribution >= 4 is 18.5 Å². The Labute approximate surface area is 78.3 Å². The van der Waals surface area contributed by atoms with Crippen molar-refractivity contribution in [2.24, 2.45) is 5.92 Å². The zero-order valence-corrected chi connectivity index (χ0v) is 8.14. The molecule has 12 heavy (non-hydrogen) atoms. The predicted octanol–water partition coefficient (Wildman–Crippen LogP) is 0.457. The minimum absolute atomic E-state index is 0.106. The van der Waals surface area contributed by atoms with Gasteiger partial charge in [0.15, 0.2) is 0 Å². The van der Waals surface area contributed by atoms with E-state index in [1.807, 2.05) is 0 Å². The third-order valence-corrected chi connectivity index (χ3v) is 2.32. The normalized spacial score (nSPS) is 26.8. The van der Waals surface area contributed by atoms with Crippen LogP contribution in [0.5, 0.6) is 0 Å². The van der Waals surface area contributed by atoms with Gasteiger partial charge in [-0.25, -0.2) is 0 Å². The summed E-state index contributed by atoms with van der Waals surface area (Å²) in [5, 5.41) is 2.84. The van der Waals surface area contributed by atoms with Gasteiger partial charge in [-0.15, -0.1) is 0 Å².